The van der Waals surface area contributed by atoms with Crippen LogP contribution in [0, 0.1) is 10.5 Å². The molecule has 0 N–H and O–H groups in total. The van der Waals surface area contributed by atoms with Crippen molar-refractivity contribution in [3.8, 4) is 0 Å². The Kier molecular flexibility index (Phi) is 3.46. The molecular weight excluding hydrogens is 411 g/mol. The first kappa shape index (κ1) is 12.6. The number of imidazole rings is 1. The van der Waals surface area contributed by atoms with Gasteiger partial charge in [-0.15, -0.1) is 5.10 Å². The summed E-state index contributed by atoms with van der Waals surface area (Å²) < 4.78 is 9.26. The molecule has 18 heavy (non-hydrogen) atoms. The third-order valence-electron chi connectivity index (χ3n) is 2.97. The maximum Gasteiger partial charge on any atom is 0.168 e. The van der Waals surface area contributed by atoms with Crippen LogP contribution in [-0.2, 0) is 4.74 Å². The van der Waals surface area contributed by atoms with E-state index in [1.165, 1.54) is 0 Å². The monoisotopic (exact) mass is 422 g/mol. The van der Waals surface area contributed by atoms with E-state index >= 15 is 0 Å². The second-order valence-electron chi connectivity index (χ2n) is 4.17. The van der Waals surface area contributed by atoms with Crippen molar-refractivity contribution in [3.05, 3.63) is 19.9 Å². The highest BCUT2D eigenvalue weighted by Crippen LogP contribution is 2.24. The average Bonchev–Trinajstić information content (AvgIpc) is 2.68. The summed E-state index contributed by atoms with van der Waals surface area (Å²) in [6, 6.07) is 2.08. The molecule has 0 unspecified atom stereocenters. The summed E-state index contributed by atoms with van der Waals surface area (Å²) in [6.45, 7) is 5.28. The Labute approximate surface area is 127 Å². The predicted octanol–water partition coefficient (Wildman–Crippen LogP) is 2.24. The molecule has 0 amide bonds. The van der Waals surface area contributed by atoms with Gasteiger partial charge >= 0.3 is 0 Å². The fraction of sp³-hybridized carbons (Fsp3) is 0.455. The van der Waals surface area contributed by atoms with Gasteiger partial charge in [-0.05, 0) is 51.5 Å². The van der Waals surface area contributed by atoms with Crippen molar-refractivity contribution in [2.45, 2.75) is 6.92 Å². The number of fused-ring (bicyclic) bond motifs is 1. The maximum absolute atomic E-state index is 5.37. The van der Waals surface area contributed by atoms with Gasteiger partial charge < -0.3 is 9.64 Å². The highest BCUT2D eigenvalue weighted by atomic mass is 127. The van der Waals surface area contributed by atoms with Crippen LogP contribution in [0.25, 0.3) is 5.65 Å². The molecule has 3 rings (SSSR count). The highest BCUT2D eigenvalue weighted by molar-refractivity contribution is 14.1. The summed E-state index contributed by atoms with van der Waals surface area (Å²) in [7, 11) is 0. The van der Waals surface area contributed by atoms with Gasteiger partial charge in [-0.1, -0.05) is 0 Å². The lowest BCUT2D eigenvalue weighted by atomic mass is 10.4. The fourth-order valence-electron chi connectivity index (χ4n) is 2.00. The van der Waals surface area contributed by atoms with E-state index in [0.717, 1.165) is 51.6 Å². The van der Waals surface area contributed by atoms with E-state index in [9.17, 15) is 0 Å². The number of hydrogen-bond acceptors (Lipinski definition) is 4. The number of halogens is 2. The Balaban J connectivity index is 2.10. The maximum atomic E-state index is 5.37. The molecule has 0 radical (unpaired) electrons. The third-order valence-corrected chi connectivity index (χ3v) is 4.67. The lowest BCUT2D eigenvalue weighted by molar-refractivity contribution is 0.122. The first-order valence-corrected chi connectivity index (χ1v) is 7.58. The van der Waals surface area contributed by atoms with Gasteiger partial charge in [0, 0.05) is 13.1 Å². The Bertz CT molecular complexity index is 594. The minimum atomic E-state index is 0.764. The molecule has 0 aromatic carbocycles. The van der Waals surface area contributed by atoms with Gasteiger partial charge in [0.2, 0.25) is 0 Å². The molecule has 1 aliphatic rings. The molecular formula is C11H12BrIN4O. The molecule has 2 aromatic heterocycles. The van der Waals surface area contributed by atoms with Crippen molar-refractivity contribution in [1.82, 2.24) is 14.6 Å². The molecule has 7 heteroatoms. The van der Waals surface area contributed by atoms with Gasteiger partial charge in [-0.2, -0.15) is 0 Å². The summed E-state index contributed by atoms with van der Waals surface area (Å²) in [4.78, 5) is 6.74. The zero-order chi connectivity index (χ0) is 12.7. The van der Waals surface area contributed by atoms with Crippen LogP contribution < -0.4 is 4.90 Å². The summed E-state index contributed by atoms with van der Waals surface area (Å²) in [6.07, 6.45) is 0. The summed E-state index contributed by atoms with van der Waals surface area (Å²) in [5.74, 6) is 0.980. The SMILES string of the molecule is Cc1nc2c(I)cc(N3CCOCC3)nn2c1Br. The molecule has 96 valence electrons. The molecule has 5 nitrogen and oxygen atoms in total. The standard InChI is InChI=1S/C11H12BrIN4O/c1-7-10(12)17-11(14-7)8(13)6-9(15-17)16-2-4-18-5-3-16/h6H,2-5H2,1H3. The zero-order valence-corrected chi connectivity index (χ0v) is 13.6. The third kappa shape index (κ3) is 2.12. The van der Waals surface area contributed by atoms with Crippen LogP contribution in [0.4, 0.5) is 5.82 Å². The number of aryl methyl sites for hydroxylation is 1. The Morgan fingerprint density at radius 3 is 2.83 bits per heavy atom. The summed E-state index contributed by atoms with van der Waals surface area (Å²) in [5, 5.41) is 4.65. The van der Waals surface area contributed by atoms with Gasteiger partial charge in [-0.25, -0.2) is 9.50 Å². The lowest BCUT2D eigenvalue weighted by Gasteiger charge is -2.27. The second-order valence-corrected chi connectivity index (χ2v) is 6.09. The van der Waals surface area contributed by atoms with E-state index in [4.69, 9.17) is 4.74 Å². The molecule has 3 heterocycles. The molecule has 1 aliphatic heterocycles. The molecule has 1 fully saturated rings. The first-order chi connectivity index (χ1) is 8.66. The summed E-state index contributed by atoms with van der Waals surface area (Å²) >= 11 is 5.84. The van der Waals surface area contributed by atoms with Crippen LogP contribution >= 0.6 is 38.5 Å². The summed E-state index contributed by atoms with van der Waals surface area (Å²) in [5.41, 5.74) is 1.86. The molecule has 0 bridgehead atoms. The van der Waals surface area contributed by atoms with Crippen molar-refractivity contribution in [2.75, 3.05) is 31.2 Å². The number of hydrogen-bond donors (Lipinski definition) is 0. The molecule has 0 atom stereocenters. The minimum absolute atomic E-state index is 0.764. The zero-order valence-electron chi connectivity index (χ0n) is 9.86. The molecule has 2 aromatic rings. The average molecular weight is 423 g/mol. The molecule has 0 spiro atoms. The van der Waals surface area contributed by atoms with Gasteiger partial charge in [-0.3, -0.25) is 0 Å². The van der Waals surface area contributed by atoms with E-state index in [1.54, 1.807) is 0 Å². The van der Waals surface area contributed by atoms with E-state index in [1.807, 2.05) is 11.4 Å². The van der Waals surface area contributed by atoms with Crippen molar-refractivity contribution >= 4 is 50.0 Å². The van der Waals surface area contributed by atoms with Gasteiger partial charge in [0.15, 0.2) is 11.5 Å². The van der Waals surface area contributed by atoms with Gasteiger partial charge in [0.25, 0.3) is 0 Å². The van der Waals surface area contributed by atoms with Crippen molar-refractivity contribution < 1.29 is 4.74 Å². The quantitative estimate of drug-likeness (QED) is 0.661. The second kappa shape index (κ2) is 4.93. The number of nitrogens with zero attached hydrogens (tertiary/aromatic N) is 4. The number of aromatic nitrogens is 3. The van der Waals surface area contributed by atoms with Crippen molar-refractivity contribution in [1.29, 1.82) is 0 Å². The number of anilines is 1. The highest BCUT2D eigenvalue weighted by Gasteiger charge is 2.17. The van der Waals surface area contributed by atoms with Crippen LogP contribution in [-0.4, -0.2) is 40.9 Å². The molecule has 0 saturated carbocycles. The van der Waals surface area contributed by atoms with Crippen LogP contribution in [0.5, 0.6) is 0 Å². The topological polar surface area (TPSA) is 42.7 Å². The van der Waals surface area contributed by atoms with E-state index in [0.29, 0.717) is 0 Å². The first-order valence-electron chi connectivity index (χ1n) is 5.71. The lowest BCUT2D eigenvalue weighted by Crippen LogP contribution is -2.37. The van der Waals surface area contributed by atoms with Crippen molar-refractivity contribution in [3.63, 3.8) is 0 Å². The van der Waals surface area contributed by atoms with E-state index in [-0.39, 0.29) is 0 Å². The predicted molar refractivity (Wildman–Crippen MR) is 81.2 cm³/mol. The molecule has 0 aliphatic carbocycles. The largest absolute Gasteiger partial charge is 0.378 e. The van der Waals surface area contributed by atoms with E-state index < -0.39 is 0 Å². The Morgan fingerprint density at radius 2 is 2.11 bits per heavy atom. The Morgan fingerprint density at radius 1 is 1.39 bits per heavy atom. The van der Waals surface area contributed by atoms with Gasteiger partial charge in [0.1, 0.15) is 4.60 Å². The van der Waals surface area contributed by atoms with Crippen LogP contribution in [0.2, 0.25) is 0 Å². The van der Waals surface area contributed by atoms with Gasteiger partial charge in [0.05, 0.1) is 22.5 Å². The van der Waals surface area contributed by atoms with Crippen LogP contribution in [0.15, 0.2) is 10.7 Å². The Hall–Kier alpha value is -0.410. The van der Waals surface area contributed by atoms with E-state index in [2.05, 4.69) is 59.6 Å². The fourth-order valence-corrected chi connectivity index (χ4v) is 2.96. The van der Waals surface area contributed by atoms with Crippen LogP contribution in [0.3, 0.4) is 0 Å². The normalized spacial score (nSPS) is 16.5. The minimum Gasteiger partial charge on any atom is -0.378 e. The smallest absolute Gasteiger partial charge is 0.168 e. The number of ether oxygens (including phenoxy) is 1. The van der Waals surface area contributed by atoms with Crippen LogP contribution in [0.1, 0.15) is 5.69 Å². The van der Waals surface area contributed by atoms with Crippen molar-refractivity contribution in [2.24, 2.45) is 0 Å². The molecule has 1 saturated heterocycles. The number of rotatable bonds is 1. The number of morpholine rings is 1.